The molecule has 1 fully saturated rings. The number of carbonyl (C=O) groups excluding carboxylic acids is 1. The lowest BCUT2D eigenvalue weighted by molar-refractivity contribution is -0.117. The molecule has 3 heteroatoms. The van der Waals surface area contributed by atoms with Gasteiger partial charge >= 0.3 is 0 Å². The van der Waals surface area contributed by atoms with Crippen molar-refractivity contribution in [2.24, 2.45) is 5.92 Å². The molecule has 1 atom stereocenters. The Kier molecular flexibility index (Phi) is 3.14. The first-order valence-corrected chi connectivity index (χ1v) is 5.85. The summed E-state index contributed by atoms with van der Waals surface area (Å²) in [4.78, 5) is 18.0. The highest BCUT2D eigenvalue weighted by atomic mass is 16.2. The van der Waals surface area contributed by atoms with E-state index in [0.717, 1.165) is 11.5 Å². The Morgan fingerprint density at radius 3 is 2.88 bits per heavy atom. The molecule has 0 aliphatic carbocycles. The molecule has 0 radical (unpaired) electrons. The van der Waals surface area contributed by atoms with Crippen LogP contribution in [0.25, 0.3) is 0 Å². The van der Waals surface area contributed by atoms with Gasteiger partial charge in [-0.1, -0.05) is 19.9 Å². The Labute approximate surface area is 102 Å². The highest BCUT2D eigenvalue weighted by Gasteiger charge is 2.30. The summed E-state index contributed by atoms with van der Waals surface area (Å²) in [6.07, 6.45) is 5.80. The number of carbonyl (C=O) groups is 1. The summed E-state index contributed by atoms with van der Waals surface area (Å²) in [7, 11) is 0. The van der Waals surface area contributed by atoms with Crippen molar-refractivity contribution in [3.05, 3.63) is 23.9 Å². The predicted molar refractivity (Wildman–Crippen MR) is 67.6 cm³/mol. The van der Waals surface area contributed by atoms with Gasteiger partial charge in [-0.25, -0.2) is 4.98 Å². The van der Waals surface area contributed by atoms with Crippen LogP contribution in [0.3, 0.4) is 0 Å². The van der Waals surface area contributed by atoms with Gasteiger partial charge in [-0.15, -0.1) is 12.3 Å². The van der Waals surface area contributed by atoms with E-state index in [4.69, 9.17) is 6.42 Å². The van der Waals surface area contributed by atoms with Crippen LogP contribution in [-0.2, 0) is 4.79 Å². The van der Waals surface area contributed by atoms with Crippen molar-refractivity contribution in [1.82, 2.24) is 4.98 Å². The average molecular weight is 228 g/mol. The van der Waals surface area contributed by atoms with Gasteiger partial charge in [0.1, 0.15) is 5.82 Å². The molecule has 1 amide bonds. The zero-order valence-corrected chi connectivity index (χ0v) is 10.2. The third-order valence-corrected chi connectivity index (χ3v) is 2.98. The predicted octanol–water partition coefficient (Wildman–Crippen LogP) is 2.19. The fraction of sp³-hybridized carbons (Fsp3) is 0.429. The zero-order chi connectivity index (χ0) is 12.4. The van der Waals surface area contributed by atoms with Crippen LogP contribution in [0.1, 0.15) is 31.9 Å². The quantitative estimate of drug-likeness (QED) is 0.727. The standard InChI is InChI=1S/C14H16N2O/c1-4-11-8-14(17)16(9-11)13-7-5-6-12(15-13)10(2)3/h1,5-7,10-11H,8-9H2,2-3H3. The fourth-order valence-corrected chi connectivity index (χ4v) is 1.95. The van der Waals surface area contributed by atoms with Gasteiger partial charge in [0.05, 0.1) is 0 Å². The maximum absolute atomic E-state index is 11.8. The lowest BCUT2D eigenvalue weighted by Gasteiger charge is -2.16. The second-order valence-electron chi connectivity index (χ2n) is 4.65. The van der Waals surface area contributed by atoms with E-state index in [1.165, 1.54) is 0 Å². The highest BCUT2D eigenvalue weighted by Crippen LogP contribution is 2.24. The summed E-state index contributed by atoms with van der Waals surface area (Å²) < 4.78 is 0. The molecule has 2 heterocycles. The van der Waals surface area contributed by atoms with Crippen LogP contribution in [0.4, 0.5) is 5.82 Å². The highest BCUT2D eigenvalue weighted by molar-refractivity contribution is 5.95. The van der Waals surface area contributed by atoms with Gasteiger partial charge in [0, 0.05) is 24.6 Å². The van der Waals surface area contributed by atoms with E-state index in [0.29, 0.717) is 18.9 Å². The third kappa shape index (κ3) is 2.31. The molecule has 0 aromatic carbocycles. The molecule has 1 aliphatic heterocycles. The lowest BCUT2D eigenvalue weighted by Crippen LogP contribution is -2.25. The Morgan fingerprint density at radius 2 is 2.29 bits per heavy atom. The van der Waals surface area contributed by atoms with Crippen LogP contribution in [0, 0.1) is 18.3 Å². The first-order chi connectivity index (χ1) is 8.11. The largest absolute Gasteiger partial charge is 0.296 e. The summed E-state index contributed by atoms with van der Waals surface area (Å²) in [5.41, 5.74) is 0.999. The molecular formula is C14H16N2O. The molecule has 1 aromatic heterocycles. The summed E-state index contributed by atoms with van der Waals surface area (Å²) in [6, 6.07) is 5.78. The molecule has 17 heavy (non-hydrogen) atoms. The van der Waals surface area contributed by atoms with Crippen LogP contribution in [0.2, 0.25) is 0 Å². The van der Waals surface area contributed by atoms with Crippen molar-refractivity contribution in [2.45, 2.75) is 26.2 Å². The summed E-state index contributed by atoms with van der Waals surface area (Å²) >= 11 is 0. The molecule has 0 saturated carbocycles. The van der Waals surface area contributed by atoms with Gasteiger partial charge in [-0.05, 0) is 18.1 Å². The normalized spacial score (nSPS) is 19.8. The van der Waals surface area contributed by atoms with Crippen molar-refractivity contribution < 1.29 is 4.79 Å². The number of anilines is 1. The van der Waals surface area contributed by atoms with Crippen LogP contribution in [0.15, 0.2) is 18.2 Å². The van der Waals surface area contributed by atoms with Crippen molar-refractivity contribution in [1.29, 1.82) is 0 Å². The zero-order valence-electron chi connectivity index (χ0n) is 10.2. The minimum atomic E-state index is 0.0204. The molecule has 0 spiro atoms. The van der Waals surface area contributed by atoms with Gasteiger partial charge in [0.15, 0.2) is 0 Å². The van der Waals surface area contributed by atoms with E-state index in [1.807, 2.05) is 18.2 Å². The number of terminal acetylenes is 1. The second kappa shape index (κ2) is 4.58. The molecule has 0 N–H and O–H groups in total. The van der Waals surface area contributed by atoms with Crippen molar-refractivity contribution in [2.75, 3.05) is 11.4 Å². The monoisotopic (exact) mass is 228 g/mol. The number of hydrogen-bond donors (Lipinski definition) is 0. The number of aromatic nitrogens is 1. The Hall–Kier alpha value is -1.82. The van der Waals surface area contributed by atoms with E-state index in [1.54, 1.807) is 4.90 Å². The maximum Gasteiger partial charge on any atom is 0.229 e. The molecule has 2 rings (SSSR count). The van der Waals surface area contributed by atoms with Crippen LogP contribution < -0.4 is 4.90 Å². The van der Waals surface area contributed by atoms with Gasteiger partial charge in [0.25, 0.3) is 0 Å². The Bertz CT molecular complexity index is 473. The van der Waals surface area contributed by atoms with Gasteiger partial charge < -0.3 is 0 Å². The Balaban J connectivity index is 2.26. The van der Waals surface area contributed by atoms with E-state index in [9.17, 15) is 4.79 Å². The van der Waals surface area contributed by atoms with Gasteiger partial charge in [-0.3, -0.25) is 9.69 Å². The molecule has 1 saturated heterocycles. The summed E-state index contributed by atoms with van der Waals surface area (Å²) in [5, 5.41) is 0. The van der Waals surface area contributed by atoms with E-state index in [2.05, 4.69) is 24.8 Å². The van der Waals surface area contributed by atoms with Crippen molar-refractivity contribution in [3.8, 4) is 12.3 Å². The van der Waals surface area contributed by atoms with Crippen LogP contribution in [-0.4, -0.2) is 17.4 Å². The number of rotatable bonds is 2. The third-order valence-electron chi connectivity index (χ3n) is 2.98. The number of nitrogens with zero attached hydrogens (tertiary/aromatic N) is 2. The smallest absolute Gasteiger partial charge is 0.229 e. The van der Waals surface area contributed by atoms with Gasteiger partial charge in [0.2, 0.25) is 5.91 Å². The van der Waals surface area contributed by atoms with Crippen molar-refractivity contribution >= 4 is 11.7 Å². The number of hydrogen-bond acceptors (Lipinski definition) is 2. The maximum atomic E-state index is 11.8. The van der Waals surface area contributed by atoms with E-state index < -0.39 is 0 Å². The fourth-order valence-electron chi connectivity index (χ4n) is 1.95. The van der Waals surface area contributed by atoms with Crippen LogP contribution in [0.5, 0.6) is 0 Å². The molecule has 1 aromatic rings. The SMILES string of the molecule is C#CC1CC(=O)N(c2cccc(C(C)C)n2)C1. The molecule has 88 valence electrons. The van der Waals surface area contributed by atoms with Gasteiger partial charge in [-0.2, -0.15) is 0 Å². The second-order valence-corrected chi connectivity index (χ2v) is 4.65. The lowest BCUT2D eigenvalue weighted by atomic mass is 10.1. The minimum absolute atomic E-state index is 0.0204. The summed E-state index contributed by atoms with van der Waals surface area (Å²) in [5.74, 6) is 3.81. The molecular weight excluding hydrogens is 212 g/mol. The number of amides is 1. The first kappa shape index (κ1) is 11.7. The topological polar surface area (TPSA) is 33.2 Å². The van der Waals surface area contributed by atoms with E-state index in [-0.39, 0.29) is 11.8 Å². The van der Waals surface area contributed by atoms with E-state index >= 15 is 0 Å². The molecule has 1 unspecified atom stereocenters. The molecule has 0 bridgehead atoms. The average Bonchev–Trinajstić information content (AvgIpc) is 2.71. The van der Waals surface area contributed by atoms with Crippen LogP contribution >= 0.6 is 0 Å². The minimum Gasteiger partial charge on any atom is -0.296 e. The molecule has 3 nitrogen and oxygen atoms in total. The molecule has 1 aliphatic rings. The first-order valence-electron chi connectivity index (χ1n) is 5.85. The Morgan fingerprint density at radius 1 is 1.53 bits per heavy atom. The van der Waals surface area contributed by atoms with Crippen molar-refractivity contribution in [3.63, 3.8) is 0 Å². The summed E-state index contributed by atoms with van der Waals surface area (Å²) in [6.45, 7) is 4.76. The number of pyridine rings is 1.